The summed E-state index contributed by atoms with van der Waals surface area (Å²) in [7, 11) is 0. The van der Waals surface area contributed by atoms with Crippen LogP contribution in [0.4, 0.5) is 0 Å². The van der Waals surface area contributed by atoms with Crippen molar-refractivity contribution in [2.75, 3.05) is 13.1 Å². The third kappa shape index (κ3) is 4.86. The minimum Gasteiger partial charge on any atom is -0.340 e. The predicted octanol–water partition coefficient (Wildman–Crippen LogP) is 3.29. The number of nitrogens with zero attached hydrogens (tertiary/aromatic N) is 3. The molecular formula is C22H21ClN4O3S. The first-order valence-corrected chi connectivity index (χ1v) is 11.1. The van der Waals surface area contributed by atoms with E-state index in [2.05, 4.69) is 10.3 Å². The summed E-state index contributed by atoms with van der Waals surface area (Å²) in [4.78, 5) is 44.2. The molecule has 31 heavy (non-hydrogen) atoms. The van der Waals surface area contributed by atoms with Crippen molar-refractivity contribution in [3.05, 3.63) is 86.2 Å². The van der Waals surface area contributed by atoms with Gasteiger partial charge >= 0.3 is 0 Å². The van der Waals surface area contributed by atoms with Crippen molar-refractivity contribution in [3.8, 4) is 0 Å². The molecule has 1 aliphatic heterocycles. The predicted molar refractivity (Wildman–Crippen MR) is 119 cm³/mol. The highest BCUT2D eigenvalue weighted by molar-refractivity contribution is 7.18. The van der Waals surface area contributed by atoms with Crippen LogP contribution in [0.2, 0.25) is 4.34 Å². The Morgan fingerprint density at radius 2 is 1.87 bits per heavy atom. The first-order valence-electron chi connectivity index (χ1n) is 9.95. The van der Waals surface area contributed by atoms with E-state index in [0.717, 1.165) is 5.56 Å². The van der Waals surface area contributed by atoms with Crippen LogP contribution in [-0.2, 0) is 4.79 Å². The molecule has 1 aliphatic rings. The minimum absolute atomic E-state index is 0.0255. The summed E-state index contributed by atoms with van der Waals surface area (Å²) in [5, 5.41) is 2.87. The van der Waals surface area contributed by atoms with Gasteiger partial charge in [-0.25, -0.2) is 0 Å². The summed E-state index contributed by atoms with van der Waals surface area (Å²) >= 11 is 7.12. The molecule has 0 aliphatic carbocycles. The highest BCUT2D eigenvalue weighted by Crippen LogP contribution is 2.26. The van der Waals surface area contributed by atoms with E-state index < -0.39 is 6.04 Å². The number of likely N-dealkylation sites (tertiary alicyclic amines) is 1. The lowest BCUT2D eigenvalue weighted by Crippen LogP contribution is -2.46. The standard InChI is InChI=1S/C22H21ClN4O3S/c23-18-7-6-17(31-18)21(29)25-20(15-4-2-1-3-5-15)22(30)26-11-8-16(9-12-26)27-13-10-24-14-19(27)28/h1-7,10,13-14,16,20H,8-9,11-12H2,(H,25,29). The molecule has 3 heterocycles. The molecule has 3 aromatic rings. The van der Waals surface area contributed by atoms with E-state index in [9.17, 15) is 14.4 Å². The molecule has 1 N–H and O–H groups in total. The number of thiophene rings is 1. The van der Waals surface area contributed by atoms with E-state index in [1.165, 1.54) is 17.5 Å². The smallest absolute Gasteiger partial charge is 0.269 e. The Morgan fingerprint density at radius 3 is 2.52 bits per heavy atom. The first kappa shape index (κ1) is 21.3. The van der Waals surface area contributed by atoms with Gasteiger partial charge < -0.3 is 14.8 Å². The molecular weight excluding hydrogens is 436 g/mol. The van der Waals surface area contributed by atoms with Gasteiger partial charge in [-0.2, -0.15) is 0 Å². The van der Waals surface area contributed by atoms with Crippen molar-refractivity contribution >= 4 is 34.8 Å². The number of aromatic nitrogens is 2. The summed E-state index contributed by atoms with van der Waals surface area (Å²) in [5.74, 6) is -0.500. The van der Waals surface area contributed by atoms with E-state index in [4.69, 9.17) is 11.6 Å². The Balaban J connectivity index is 1.49. The maximum atomic E-state index is 13.4. The number of amides is 2. The van der Waals surface area contributed by atoms with Crippen molar-refractivity contribution in [1.82, 2.24) is 19.8 Å². The number of carbonyl (C=O) groups is 2. The van der Waals surface area contributed by atoms with Crippen molar-refractivity contribution in [2.24, 2.45) is 0 Å². The fourth-order valence-corrected chi connectivity index (χ4v) is 4.72. The fourth-order valence-electron chi connectivity index (χ4n) is 3.78. The average molecular weight is 457 g/mol. The van der Waals surface area contributed by atoms with Crippen LogP contribution in [0.15, 0.2) is 65.8 Å². The largest absolute Gasteiger partial charge is 0.340 e. The zero-order valence-electron chi connectivity index (χ0n) is 16.6. The van der Waals surface area contributed by atoms with Gasteiger partial charge in [0.05, 0.1) is 15.4 Å². The molecule has 1 aromatic carbocycles. The number of hydrogen-bond acceptors (Lipinski definition) is 5. The molecule has 1 fully saturated rings. The van der Waals surface area contributed by atoms with E-state index >= 15 is 0 Å². The van der Waals surface area contributed by atoms with Crippen LogP contribution >= 0.6 is 22.9 Å². The molecule has 0 saturated carbocycles. The van der Waals surface area contributed by atoms with Crippen LogP contribution in [0.1, 0.15) is 40.2 Å². The van der Waals surface area contributed by atoms with Gasteiger partial charge in [0, 0.05) is 31.5 Å². The van der Waals surface area contributed by atoms with Gasteiger partial charge in [0.15, 0.2) is 0 Å². The number of carbonyl (C=O) groups excluding carboxylic acids is 2. The summed E-state index contributed by atoms with van der Waals surface area (Å²) in [6.45, 7) is 1.00. The van der Waals surface area contributed by atoms with Crippen molar-refractivity contribution in [3.63, 3.8) is 0 Å². The van der Waals surface area contributed by atoms with Crippen LogP contribution in [0, 0.1) is 0 Å². The number of piperidine rings is 1. The lowest BCUT2D eigenvalue weighted by Gasteiger charge is -2.35. The molecule has 9 heteroatoms. The van der Waals surface area contributed by atoms with E-state index in [-0.39, 0.29) is 23.4 Å². The third-order valence-corrected chi connectivity index (χ3v) is 6.60. The maximum absolute atomic E-state index is 13.4. The van der Waals surface area contributed by atoms with Gasteiger partial charge in [-0.1, -0.05) is 41.9 Å². The molecule has 7 nitrogen and oxygen atoms in total. The Labute approximate surface area is 188 Å². The molecule has 2 amide bonds. The Bertz CT molecular complexity index is 1120. The van der Waals surface area contributed by atoms with Crippen molar-refractivity contribution < 1.29 is 9.59 Å². The molecule has 1 atom stereocenters. The van der Waals surface area contributed by atoms with E-state index in [0.29, 0.717) is 35.1 Å². The molecule has 2 aromatic heterocycles. The second-order valence-electron chi connectivity index (χ2n) is 7.30. The number of nitrogens with one attached hydrogen (secondary N) is 1. The van der Waals surface area contributed by atoms with Gasteiger partial charge in [0.25, 0.3) is 11.5 Å². The molecule has 1 unspecified atom stereocenters. The molecule has 1 saturated heterocycles. The summed E-state index contributed by atoms with van der Waals surface area (Å²) < 4.78 is 2.19. The average Bonchev–Trinajstić information content (AvgIpc) is 3.24. The molecule has 4 rings (SSSR count). The summed E-state index contributed by atoms with van der Waals surface area (Å²) in [5.41, 5.74) is 0.576. The van der Waals surface area contributed by atoms with E-state index in [1.807, 2.05) is 30.3 Å². The molecule has 0 radical (unpaired) electrons. The van der Waals surface area contributed by atoms with Crippen LogP contribution in [0.3, 0.4) is 0 Å². The van der Waals surface area contributed by atoms with Crippen molar-refractivity contribution in [2.45, 2.75) is 24.9 Å². The second-order valence-corrected chi connectivity index (χ2v) is 9.01. The quantitative estimate of drug-likeness (QED) is 0.638. The lowest BCUT2D eigenvalue weighted by atomic mass is 10.0. The highest BCUT2D eigenvalue weighted by Gasteiger charge is 2.31. The molecule has 0 spiro atoms. The topological polar surface area (TPSA) is 84.3 Å². The third-order valence-electron chi connectivity index (χ3n) is 5.37. The van der Waals surface area contributed by atoms with E-state index in [1.54, 1.807) is 34.0 Å². The van der Waals surface area contributed by atoms with Gasteiger partial charge in [0.1, 0.15) is 6.04 Å². The van der Waals surface area contributed by atoms with Gasteiger partial charge in [0.2, 0.25) is 5.91 Å². The number of hydrogen-bond donors (Lipinski definition) is 1. The zero-order chi connectivity index (χ0) is 21.8. The minimum atomic E-state index is -0.797. The van der Waals surface area contributed by atoms with Gasteiger partial charge in [-0.3, -0.25) is 19.4 Å². The van der Waals surface area contributed by atoms with Gasteiger partial charge in [-0.05, 0) is 30.5 Å². The second kappa shape index (κ2) is 9.45. The monoisotopic (exact) mass is 456 g/mol. The summed E-state index contributed by atoms with van der Waals surface area (Å²) in [6, 6.07) is 11.7. The molecule has 160 valence electrons. The van der Waals surface area contributed by atoms with Crippen LogP contribution in [-0.4, -0.2) is 39.4 Å². The number of halogens is 1. The fraction of sp³-hybridized carbons (Fsp3) is 0.273. The first-order chi connectivity index (χ1) is 15.0. The Hall–Kier alpha value is -2.97. The lowest BCUT2D eigenvalue weighted by molar-refractivity contribution is -0.134. The van der Waals surface area contributed by atoms with Crippen LogP contribution in [0.25, 0.3) is 0 Å². The number of benzene rings is 1. The maximum Gasteiger partial charge on any atom is 0.269 e. The Kier molecular flexibility index (Phi) is 6.48. The number of rotatable bonds is 5. The normalized spacial score (nSPS) is 15.5. The Morgan fingerprint density at radius 1 is 1.13 bits per heavy atom. The van der Waals surface area contributed by atoms with Crippen LogP contribution in [0.5, 0.6) is 0 Å². The zero-order valence-corrected chi connectivity index (χ0v) is 18.2. The van der Waals surface area contributed by atoms with Crippen molar-refractivity contribution in [1.29, 1.82) is 0 Å². The van der Waals surface area contributed by atoms with Crippen LogP contribution < -0.4 is 10.9 Å². The SMILES string of the molecule is O=C(NC(C(=O)N1CCC(n2ccncc2=O)CC1)c1ccccc1)c1ccc(Cl)s1. The highest BCUT2D eigenvalue weighted by atomic mass is 35.5. The summed E-state index contributed by atoms with van der Waals surface area (Å²) in [6.07, 6.45) is 5.90. The van der Waals surface area contributed by atoms with Gasteiger partial charge in [-0.15, -0.1) is 11.3 Å². The molecule has 0 bridgehead atoms.